The SMILES string of the molecule is CN(Cc1cccc(Cl)c1)CC1CCN(CCO)CC1. The van der Waals surface area contributed by atoms with Gasteiger partial charge in [-0.1, -0.05) is 23.7 Å². The first kappa shape index (κ1) is 15.8. The third kappa shape index (κ3) is 5.06. The quantitative estimate of drug-likeness (QED) is 0.874. The van der Waals surface area contributed by atoms with E-state index in [1.807, 2.05) is 18.2 Å². The Bertz CT molecular complexity index is 405. The molecule has 1 heterocycles. The first-order valence-electron chi connectivity index (χ1n) is 7.43. The molecule has 0 aliphatic carbocycles. The molecule has 0 spiro atoms. The minimum absolute atomic E-state index is 0.277. The fourth-order valence-corrected chi connectivity index (χ4v) is 3.20. The summed E-state index contributed by atoms with van der Waals surface area (Å²) in [4.78, 5) is 4.74. The van der Waals surface area contributed by atoms with Crippen LogP contribution in [0.4, 0.5) is 0 Å². The second-order valence-electron chi connectivity index (χ2n) is 5.84. The second-order valence-corrected chi connectivity index (χ2v) is 6.27. The summed E-state index contributed by atoms with van der Waals surface area (Å²) >= 11 is 6.02. The summed E-state index contributed by atoms with van der Waals surface area (Å²) in [6.07, 6.45) is 2.47. The van der Waals surface area contributed by atoms with Crippen LogP contribution in [-0.4, -0.2) is 54.7 Å². The van der Waals surface area contributed by atoms with E-state index in [1.54, 1.807) is 0 Å². The van der Waals surface area contributed by atoms with Gasteiger partial charge in [0, 0.05) is 24.7 Å². The number of halogens is 1. The van der Waals surface area contributed by atoms with Gasteiger partial charge in [-0.15, -0.1) is 0 Å². The molecule has 0 amide bonds. The standard InChI is InChI=1S/C16H25ClN2O/c1-18(13-15-3-2-4-16(17)11-15)12-14-5-7-19(8-6-14)9-10-20/h2-4,11,14,20H,5-10,12-13H2,1H3. The van der Waals surface area contributed by atoms with Crippen molar-refractivity contribution in [3.8, 4) is 0 Å². The lowest BCUT2D eigenvalue weighted by Gasteiger charge is -2.33. The highest BCUT2D eigenvalue weighted by Crippen LogP contribution is 2.19. The smallest absolute Gasteiger partial charge is 0.0558 e. The Balaban J connectivity index is 1.74. The van der Waals surface area contributed by atoms with Crippen LogP contribution in [0.25, 0.3) is 0 Å². The Morgan fingerprint density at radius 1 is 1.35 bits per heavy atom. The lowest BCUT2D eigenvalue weighted by atomic mass is 9.96. The highest BCUT2D eigenvalue weighted by molar-refractivity contribution is 6.30. The van der Waals surface area contributed by atoms with E-state index in [2.05, 4.69) is 22.9 Å². The molecule has 0 aromatic heterocycles. The van der Waals surface area contributed by atoms with E-state index in [-0.39, 0.29) is 6.61 Å². The predicted molar refractivity (Wildman–Crippen MR) is 84.0 cm³/mol. The van der Waals surface area contributed by atoms with Crippen molar-refractivity contribution in [1.29, 1.82) is 0 Å². The third-order valence-corrected chi connectivity index (χ3v) is 4.27. The molecule has 3 nitrogen and oxygen atoms in total. The molecular weight excluding hydrogens is 272 g/mol. The van der Waals surface area contributed by atoms with E-state index in [1.165, 1.54) is 18.4 Å². The lowest BCUT2D eigenvalue weighted by molar-refractivity contribution is 0.129. The van der Waals surface area contributed by atoms with Crippen LogP contribution in [0.5, 0.6) is 0 Å². The average molecular weight is 297 g/mol. The number of nitrogens with zero attached hydrogens (tertiary/aromatic N) is 2. The van der Waals surface area contributed by atoms with E-state index in [0.717, 1.165) is 43.7 Å². The van der Waals surface area contributed by atoms with Crippen LogP contribution in [0.1, 0.15) is 18.4 Å². The Morgan fingerprint density at radius 3 is 2.75 bits per heavy atom. The fourth-order valence-electron chi connectivity index (χ4n) is 2.99. The normalized spacial score (nSPS) is 17.8. The van der Waals surface area contributed by atoms with Crippen molar-refractivity contribution in [3.05, 3.63) is 34.9 Å². The van der Waals surface area contributed by atoms with Gasteiger partial charge in [0.05, 0.1) is 6.61 Å². The maximum absolute atomic E-state index is 8.96. The molecule has 1 N–H and O–H groups in total. The van der Waals surface area contributed by atoms with Crippen molar-refractivity contribution in [2.24, 2.45) is 5.92 Å². The van der Waals surface area contributed by atoms with Crippen molar-refractivity contribution in [1.82, 2.24) is 9.80 Å². The molecule has 1 aromatic carbocycles. The molecule has 0 saturated carbocycles. The molecule has 0 atom stereocenters. The third-order valence-electron chi connectivity index (χ3n) is 4.03. The van der Waals surface area contributed by atoms with Crippen molar-refractivity contribution < 1.29 is 5.11 Å². The zero-order chi connectivity index (χ0) is 14.4. The van der Waals surface area contributed by atoms with Crippen LogP contribution in [0.3, 0.4) is 0 Å². The van der Waals surface area contributed by atoms with E-state index in [9.17, 15) is 0 Å². The van der Waals surface area contributed by atoms with Crippen molar-refractivity contribution >= 4 is 11.6 Å². The highest BCUT2D eigenvalue weighted by Gasteiger charge is 2.19. The van der Waals surface area contributed by atoms with E-state index < -0.39 is 0 Å². The van der Waals surface area contributed by atoms with Gasteiger partial charge in [0.1, 0.15) is 0 Å². The summed E-state index contributed by atoms with van der Waals surface area (Å²) in [5, 5.41) is 9.77. The monoisotopic (exact) mass is 296 g/mol. The number of hydrogen-bond acceptors (Lipinski definition) is 3. The summed E-state index contributed by atoms with van der Waals surface area (Å²) in [5.41, 5.74) is 1.28. The summed E-state index contributed by atoms with van der Waals surface area (Å²) in [6.45, 7) is 5.44. The maximum Gasteiger partial charge on any atom is 0.0558 e. The summed E-state index contributed by atoms with van der Waals surface area (Å²) < 4.78 is 0. The summed E-state index contributed by atoms with van der Waals surface area (Å²) in [7, 11) is 2.18. The number of rotatable bonds is 6. The molecule has 4 heteroatoms. The zero-order valence-electron chi connectivity index (χ0n) is 12.3. The van der Waals surface area contributed by atoms with Gasteiger partial charge in [0.2, 0.25) is 0 Å². The zero-order valence-corrected chi connectivity index (χ0v) is 13.0. The van der Waals surface area contributed by atoms with Crippen LogP contribution >= 0.6 is 11.6 Å². The van der Waals surface area contributed by atoms with Gasteiger partial charge in [-0.25, -0.2) is 0 Å². The maximum atomic E-state index is 8.96. The predicted octanol–water partition coefficient (Wildman–Crippen LogP) is 2.48. The molecule has 0 bridgehead atoms. The molecule has 1 aliphatic heterocycles. The number of likely N-dealkylation sites (tertiary alicyclic amines) is 1. The minimum atomic E-state index is 0.277. The van der Waals surface area contributed by atoms with Crippen molar-refractivity contribution in [3.63, 3.8) is 0 Å². The second kappa shape index (κ2) is 7.99. The van der Waals surface area contributed by atoms with Crippen LogP contribution in [-0.2, 0) is 6.54 Å². The molecule has 1 aromatic rings. The van der Waals surface area contributed by atoms with E-state index in [4.69, 9.17) is 16.7 Å². The first-order valence-corrected chi connectivity index (χ1v) is 7.81. The van der Waals surface area contributed by atoms with Crippen LogP contribution in [0, 0.1) is 5.92 Å². The molecule has 1 saturated heterocycles. The van der Waals surface area contributed by atoms with Crippen LogP contribution < -0.4 is 0 Å². The summed E-state index contributed by atoms with van der Waals surface area (Å²) in [5.74, 6) is 0.772. The molecule has 1 aliphatic rings. The number of benzene rings is 1. The number of aliphatic hydroxyl groups excluding tert-OH is 1. The molecule has 0 unspecified atom stereocenters. The van der Waals surface area contributed by atoms with Crippen molar-refractivity contribution in [2.75, 3.05) is 39.8 Å². The topological polar surface area (TPSA) is 26.7 Å². The minimum Gasteiger partial charge on any atom is -0.395 e. The molecule has 1 fully saturated rings. The van der Waals surface area contributed by atoms with Gasteiger partial charge in [0.15, 0.2) is 0 Å². The van der Waals surface area contributed by atoms with Gasteiger partial charge < -0.3 is 14.9 Å². The summed E-state index contributed by atoms with van der Waals surface area (Å²) in [6, 6.07) is 8.11. The number of piperidine rings is 1. The average Bonchev–Trinajstić information content (AvgIpc) is 2.41. The van der Waals surface area contributed by atoms with Gasteiger partial charge >= 0.3 is 0 Å². The Morgan fingerprint density at radius 2 is 2.10 bits per heavy atom. The van der Waals surface area contributed by atoms with E-state index in [0.29, 0.717) is 0 Å². The van der Waals surface area contributed by atoms with E-state index >= 15 is 0 Å². The number of aliphatic hydroxyl groups is 1. The molecule has 20 heavy (non-hydrogen) atoms. The lowest BCUT2D eigenvalue weighted by Crippen LogP contribution is -2.38. The van der Waals surface area contributed by atoms with Crippen LogP contribution in [0.15, 0.2) is 24.3 Å². The largest absolute Gasteiger partial charge is 0.395 e. The molecular formula is C16H25ClN2O. The Hall–Kier alpha value is -0.610. The van der Waals surface area contributed by atoms with Gasteiger partial charge in [-0.3, -0.25) is 0 Å². The van der Waals surface area contributed by atoms with Gasteiger partial charge in [-0.05, 0) is 56.6 Å². The number of β-amino-alcohol motifs (C(OH)–C–C–N with tert-alkyl or cyclic N) is 1. The fraction of sp³-hybridized carbons (Fsp3) is 0.625. The molecule has 112 valence electrons. The number of hydrogen-bond donors (Lipinski definition) is 1. The molecule has 2 rings (SSSR count). The first-order chi connectivity index (χ1) is 9.67. The van der Waals surface area contributed by atoms with Crippen molar-refractivity contribution in [2.45, 2.75) is 19.4 Å². The molecule has 0 radical (unpaired) electrons. The van der Waals surface area contributed by atoms with Gasteiger partial charge in [-0.2, -0.15) is 0 Å². The van der Waals surface area contributed by atoms with Crippen LogP contribution in [0.2, 0.25) is 5.02 Å². The van der Waals surface area contributed by atoms with Gasteiger partial charge in [0.25, 0.3) is 0 Å². The Kier molecular flexibility index (Phi) is 6.30. The Labute approximate surface area is 127 Å². The highest BCUT2D eigenvalue weighted by atomic mass is 35.5.